The van der Waals surface area contributed by atoms with Gasteiger partial charge >= 0.3 is 0 Å². The number of Topliss-reactive ketones (excluding diaryl/α,β-unsaturated/α-hetero) is 1. The van der Waals surface area contributed by atoms with Crippen molar-refractivity contribution in [2.24, 2.45) is 35.0 Å². The molecule has 2 radical (unpaired) electrons. The van der Waals surface area contributed by atoms with Crippen LogP contribution in [0.5, 0.6) is 0 Å². The number of carbonyl (C=O) groups excluding carboxylic acids is 1. The van der Waals surface area contributed by atoms with E-state index >= 15 is 4.39 Å². The van der Waals surface area contributed by atoms with Crippen molar-refractivity contribution in [1.29, 1.82) is 0 Å². The van der Waals surface area contributed by atoms with Crippen molar-refractivity contribution in [1.82, 2.24) is 0 Å². The van der Waals surface area contributed by atoms with Crippen LogP contribution in [0.15, 0.2) is 0 Å². The molecule has 0 aromatic heterocycles. The third-order valence-electron chi connectivity index (χ3n) is 8.90. The fraction of sp³-hybridized carbons (Fsp3) is 0.952. The summed E-state index contributed by atoms with van der Waals surface area (Å²) in [7, 11) is 5.67. The van der Waals surface area contributed by atoms with Gasteiger partial charge in [0.15, 0.2) is 0 Å². The Labute approximate surface area is 152 Å². The van der Waals surface area contributed by atoms with Crippen molar-refractivity contribution >= 4 is 13.6 Å². The summed E-state index contributed by atoms with van der Waals surface area (Å²) in [5.41, 5.74) is -1.76. The molecule has 4 aliphatic carbocycles. The van der Waals surface area contributed by atoms with E-state index in [1.165, 1.54) is 0 Å². The van der Waals surface area contributed by atoms with Gasteiger partial charge in [0.2, 0.25) is 0 Å². The van der Waals surface area contributed by atoms with E-state index in [0.717, 1.165) is 38.5 Å². The van der Waals surface area contributed by atoms with E-state index in [9.17, 15) is 9.90 Å². The van der Waals surface area contributed by atoms with Gasteiger partial charge in [0.1, 0.15) is 11.5 Å². The minimum Gasteiger partial charge on any atom is -0.390 e. The molecular weight excluding hydrogens is 314 g/mol. The average Bonchev–Trinajstić information content (AvgIpc) is 2.92. The van der Waals surface area contributed by atoms with Crippen molar-refractivity contribution in [2.75, 3.05) is 0 Å². The zero-order valence-corrected chi connectivity index (χ0v) is 15.8. The maximum absolute atomic E-state index is 16.2. The molecule has 25 heavy (non-hydrogen) atoms. The van der Waals surface area contributed by atoms with Crippen molar-refractivity contribution in [3.63, 3.8) is 0 Å². The Morgan fingerprint density at radius 2 is 1.84 bits per heavy atom. The van der Waals surface area contributed by atoms with Crippen molar-refractivity contribution in [3.05, 3.63) is 0 Å². The summed E-state index contributed by atoms with van der Waals surface area (Å²) in [5.74, 6) is 1.34. The van der Waals surface area contributed by atoms with Gasteiger partial charge in [-0.05, 0) is 100 Å². The first-order valence-electron chi connectivity index (χ1n) is 10.4. The van der Waals surface area contributed by atoms with Crippen LogP contribution in [0.25, 0.3) is 0 Å². The lowest BCUT2D eigenvalue weighted by molar-refractivity contribution is -0.165. The summed E-state index contributed by atoms with van der Waals surface area (Å²) in [6.45, 7) is 4.15. The van der Waals surface area contributed by atoms with Crippen LogP contribution in [-0.4, -0.2) is 30.0 Å². The maximum Gasteiger partial charge on any atom is 0.128 e. The van der Waals surface area contributed by atoms with Gasteiger partial charge < -0.3 is 9.90 Å². The average molecular weight is 346 g/mol. The standard InChI is InChI=1S/C21H32BFO2/c1-19(25)9-10-21(23)13(11-19)3-4-14-15-5-6-17(18(24)12-22)20(15,2)8-7-16(14)21/h13-17,25H,3-12H2,1-2H3/t13-,14+,15+,16?,17-,19-,20+,21-/m1/s1. The predicted molar refractivity (Wildman–Crippen MR) is 97.1 cm³/mol. The zero-order valence-electron chi connectivity index (χ0n) is 15.8. The van der Waals surface area contributed by atoms with Gasteiger partial charge in [-0.3, -0.25) is 0 Å². The van der Waals surface area contributed by atoms with Crippen LogP contribution in [0.4, 0.5) is 4.39 Å². The van der Waals surface area contributed by atoms with Crippen LogP contribution >= 0.6 is 0 Å². The van der Waals surface area contributed by atoms with Crippen molar-refractivity contribution in [2.45, 2.75) is 89.2 Å². The quantitative estimate of drug-likeness (QED) is 0.759. The van der Waals surface area contributed by atoms with Crippen LogP contribution in [0, 0.1) is 35.0 Å². The molecule has 4 rings (SSSR count). The van der Waals surface area contributed by atoms with Crippen LogP contribution in [-0.2, 0) is 4.79 Å². The molecule has 0 bridgehead atoms. The number of hydrogen-bond acceptors (Lipinski definition) is 2. The van der Waals surface area contributed by atoms with Crippen LogP contribution in [0.3, 0.4) is 0 Å². The van der Waals surface area contributed by atoms with Gasteiger partial charge in [0.05, 0.1) is 13.4 Å². The number of halogens is 1. The highest BCUT2D eigenvalue weighted by molar-refractivity contribution is 6.20. The van der Waals surface area contributed by atoms with E-state index in [1.54, 1.807) is 0 Å². The molecule has 0 aromatic rings. The van der Waals surface area contributed by atoms with E-state index in [2.05, 4.69) is 6.92 Å². The molecule has 2 nitrogen and oxygen atoms in total. The SMILES string of the molecule is [B]CC(=O)[C@H]1CC[C@H]2[C@@H]3CC[C@@H]4C[C@](C)(O)CC[C@]4(F)C3CC[C@]12C. The van der Waals surface area contributed by atoms with E-state index in [-0.39, 0.29) is 35.3 Å². The third kappa shape index (κ3) is 2.57. The highest BCUT2D eigenvalue weighted by Crippen LogP contribution is 2.66. The molecule has 4 aliphatic rings. The summed E-state index contributed by atoms with van der Waals surface area (Å²) >= 11 is 0. The number of rotatable bonds is 2. The molecule has 4 heteroatoms. The molecule has 0 amide bonds. The number of hydrogen-bond donors (Lipinski definition) is 1. The van der Waals surface area contributed by atoms with Crippen molar-refractivity contribution in [3.8, 4) is 0 Å². The Hall–Kier alpha value is -0.375. The zero-order chi connectivity index (χ0) is 18.0. The molecule has 0 heterocycles. The van der Waals surface area contributed by atoms with Crippen LogP contribution in [0.2, 0.25) is 6.32 Å². The monoisotopic (exact) mass is 346 g/mol. The van der Waals surface area contributed by atoms with E-state index < -0.39 is 11.3 Å². The summed E-state index contributed by atoms with van der Waals surface area (Å²) in [5, 5.41) is 10.4. The fourth-order valence-electron chi connectivity index (χ4n) is 7.65. The molecule has 4 fully saturated rings. The molecule has 0 aromatic carbocycles. The second kappa shape index (κ2) is 5.81. The predicted octanol–water partition coefficient (Wildman–Crippen LogP) is 4.25. The highest BCUT2D eigenvalue weighted by atomic mass is 19.1. The van der Waals surface area contributed by atoms with E-state index in [0.29, 0.717) is 31.1 Å². The molecule has 1 N–H and O–H groups in total. The molecule has 0 spiro atoms. The molecule has 0 aliphatic heterocycles. The van der Waals surface area contributed by atoms with Crippen LogP contribution in [0.1, 0.15) is 71.6 Å². The third-order valence-corrected chi connectivity index (χ3v) is 8.90. The lowest BCUT2D eigenvalue weighted by Crippen LogP contribution is -2.58. The summed E-state index contributed by atoms with van der Waals surface area (Å²) < 4.78 is 16.2. The number of carbonyl (C=O) groups is 1. The number of aliphatic hydroxyl groups is 1. The summed E-state index contributed by atoms with van der Waals surface area (Å²) in [6.07, 6.45) is 7.69. The first-order valence-corrected chi connectivity index (χ1v) is 10.4. The molecule has 1 unspecified atom stereocenters. The van der Waals surface area contributed by atoms with Crippen molar-refractivity contribution < 1.29 is 14.3 Å². The Kier molecular flexibility index (Phi) is 4.19. The molecular formula is C21H32BFO2. The first kappa shape index (κ1) is 18.0. The number of fused-ring (bicyclic) bond motifs is 5. The minimum absolute atomic E-state index is 0.0183. The molecule has 8 atom stereocenters. The number of ketones is 1. The Balaban J connectivity index is 1.59. The van der Waals surface area contributed by atoms with Gasteiger partial charge in [-0.2, -0.15) is 0 Å². The number of alkyl halides is 1. The topological polar surface area (TPSA) is 37.3 Å². The lowest BCUT2D eigenvalue weighted by atomic mass is 9.47. The lowest BCUT2D eigenvalue weighted by Gasteiger charge is -2.59. The second-order valence-corrected chi connectivity index (χ2v) is 10.1. The second-order valence-electron chi connectivity index (χ2n) is 10.1. The molecule has 4 saturated carbocycles. The van der Waals surface area contributed by atoms with Gasteiger partial charge in [-0.25, -0.2) is 4.39 Å². The van der Waals surface area contributed by atoms with Gasteiger partial charge in [0.25, 0.3) is 0 Å². The molecule has 0 saturated heterocycles. The largest absolute Gasteiger partial charge is 0.390 e. The fourth-order valence-corrected chi connectivity index (χ4v) is 7.65. The highest BCUT2D eigenvalue weighted by Gasteiger charge is 2.63. The van der Waals surface area contributed by atoms with Gasteiger partial charge in [0, 0.05) is 5.92 Å². The Bertz CT molecular complexity index is 564. The molecule has 138 valence electrons. The summed E-state index contributed by atoms with van der Waals surface area (Å²) in [6, 6.07) is 0. The Morgan fingerprint density at radius 1 is 1.08 bits per heavy atom. The van der Waals surface area contributed by atoms with E-state index in [1.807, 2.05) is 6.92 Å². The Morgan fingerprint density at radius 3 is 2.56 bits per heavy atom. The smallest absolute Gasteiger partial charge is 0.128 e. The normalized spacial score (nSPS) is 55.1. The summed E-state index contributed by atoms with van der Waals surface area (Å²) in [4.78, 5) is 12.4. The van der Waals surface area contributed by atoms with E-state index in [4.69, 9.17) is 7.85 Å². The van der Waals surface area contributed by atoms with Gasteiger partial charge in [-0.1, -0.05) is 6.92 Å². The minimum atomic E-state index is -1.09. The maximum atomic E-state index is 16.2. The van der Waals surface area contributed by atoms with Gasteiger partial charge in [-0.15, -0.1) is 0 Å². The van der Waals surface area contributed by atoms with Crippen LogP contribution < -0.4 is 0 Å². The first-order chi connectivity index (χ1) is 11.7.